The van der Waals surface area contributed by atoms with Crippen LogP contribution in [0, 0.1) is 17.8 Å². The Kier molecular flexibility index (Phi) is 7.13. The molecule has 0 heterocycles. The fourth-order valence-electron chi connectivity index (χ4n) is 2.11. The van der Waals surface area contributed by atoms with E-state index in [4.69, 9.17) is 15.9 Å². The van der Waals surface area contributed by atoms with Crippen LogP contribution in [0.25, 0.3) is 0 Å². The van der Waals surface area contributed by atoms with Gasteiger partial charge < -0.3 is 9.47 Å². The molecule has 1 rings (SSSR count). The van der Waals surface area contributed by atoms with Crippen LogP contribution in [0.3, 0.4) is 0 Å². The molecule has 0 aliphatic rings. The zero-order chi connectivity index (χ0) is 16.6. The highest BCUT2D eigenvalue weighted by Gasteiger charge is 2.48. The lowest BCUT2D eigenvalue weighted by atomic mass is 9.78. The van der Waals surface area contributed by atoms with Crippen molar-refractivity contribution in [2.75, 3.05) is 13.2 Å². The fourth-order valence-corrected chi connectivity index (χ4v) is 2.54. The second-order valence-electron chi connectivity index (χ2n) is 4.67. The number of hydrogen-bond donors (Lipinski definition) is 0. The first kappa shape index (κ1) is 18.2. The Morgan fingerprint density at radius 1 is 1.18 bits per heavy atom. The van der Waals surface area contributed by atoms with Crippen molar-refractivity contribution in [1.82, 2.24) is 0 Å². The number of carbonyl (C=O) groups excluding carboxylic acids is 2. The number of rotatable bonds is 7. The summed E-state index contributed by atoms with van der Waals surface area (Å²) in [5.41, 5.74) is -0.733. The molecule has 0 spiro atoms. The van der Waals surface area contributed by atoms with Gasteiger partial charge in [0.05, 0.1) is 13.2 Å². The predicted octanol–water partition coefficient (Wildman–Crippen LogP) is 3.13. The molecule has 22 heavy (non-hydrogen) atoms. The van der Waals surface area contributed by atoms with E-state index < -0.39 is 17.4 Å². The average Bonchev–Trinajstić information content (AvgIpc) is 2.49. The number of carbonyl (C=O) groups is 2. The standard InChI is InChI=1S/C17H19BrO4/c1-4-11-17(15(19)21-5-2,16(20)22-6-3)12-13-9-7-8-10-14(13)18/h1,7-10H,5-6,11-12H2,2-3H3. The molecular weight excluding hydrogens is 348 g/mol. The summed E-state index contributed by atoms with van der Waals surface area (Å²) in [5, 5.41) is 0. The van der Waals surface area contributed by atoms with Crippen LogP contribution >= 0.6 is 15.9 Å². The van der Waals surface area contributed by atoms with Gasteiger partial charge in [-0.25, -0.2) is 0 Å². The van der Waals surface area contributed by atoms with Crippen LogP contribution in [0.15, 0.2) is 28.7 Å². The van der Waals surface area contributed by atoms with E-state index in [1.807, 2.05) is 24.3 Å². The van der Waals surface area contributed by atoms with Crippen molar-refractivity contribution in [3.05, 3.63) is 34.3 Å². The first-order chi connectivity index (χ1) is 10.5. The number of hydrogen-bond acceptors (Lipinski definition) is 4. The van der Waals surface area contributed by atoms with Crippen LogP contribution in [-0.2, 0) is 25.5 Å². The van der Waals surface area contributed by atoms with Gasteiger partial charge in [0.2, 0.25) is 0 Å². The van der Waals surface area contributed by atoms with Gasteiger partial charge in [0.25, 0.3) is 0 Å². The maximum atomic E-state index is 12.5. The maximum absolute atomic E-state index is 12.5. The van der Waals surface area contributed by atoms with Gasteiger partial charge in [0, 0.05) is 17.3 Å². The molecule has 0 N–H and O–H groups in total. The number of benzene rings is 1. The van der Waals surface area contributed by atoms with Crippen LogP contribution in [0.5, 0.6) is 0 Å². The van der Waals surface area contributed by atoms with Crippen molar-refractivity contribution in [2.24, 2.45) is 5.41 Å². The number of halogens is 1. The molecule has 0 aliphatic carbocycles. The molecule has 0 saturated heterocycles. The predicted molar refractivity (Wildman–Crippen MR) is 87.0 cm³/mol. The minimum Gasteiger partial charge on any atom is -0.465 e. The maximum Gasteiger partial charge on any atom is 0.324 e. The SMILES string of the molecule is C#CCC(Cc1ccccc1Br)(C(=O)OCC)C(=O)OCC. The molecule has 1 aromatic rings. The van der Waals surface area contributed by atoms with E-state index in [1.165, 1.54) is 0 Å². The lowest BCUT2D eigenvalue weighted by molar-refractivity contribution is -0.171. The first-order valence-corrected chi connectivity index (χ1v) is 7.82. The lowest BCUT2D eigenvalue weighted by Crippen LogP contribution is -2.44. The molecule has 0 fully saturated rings. The second kappa shape index (κ2) is 8.60. The van der Waals surface area contributed by atoms with Gasteiger partial charge in [-0.1, -0.05) is 34.1 Å². The lowest BCUT2D eigenvalue weighted by Gasteiger charge is -2.27. The van der Waals surface area contributed by atoms with Crippen molar-refractivity contribution < 1.29 is 19.1 Å². The Bertz CT molecular complexity index is 556. The molecule has 0 amide bonds. The largest absolute Gasteiger partial charge is 0.465 e. The van der Waals surface area contributed by atoms with E-state index in [9.17, 15) is 9.59 Å². The first-order valence-electron chi connectivity index (χ1n) is 7.03. The van der Waals surface area contributed by atoms with Gasteiger partial charge in [-0.2, -0.15) is 0 Å². The highest BCUT2D eigenvalue weighted by molar-refractivity contribution is 9.10. The van der Waals surface area contributed by atoms with Gasteiger partial charge in [-0.05, 0) is 25.5 Å². The van der Waals surface area contributed by atoms with Crippen LogP contribution in [0.4, 0.5) is 0 Å². The Labute approximate surface area is 139 Å². The zero-order valence-electron chi connectivity index (χ0n) is 12.7. The highest BCUT2D eigenvalue weighted by Crippen LogP contribution is 2.33. The van der Waals surface area contributed by atoms with E-state index in [0.717, 1.165) is 10.0 Å². The van der Waals surface area contributed by atoms with Gasteiger partial charge in [-0.15, -0.1) is 12.3 Å². The monoisotopic (exact) mass is 366 g/mol. The average molecular weight is 367 g/mol. The molecule has 0 unspecified atom stereocenters. The van der Waals surface area contributed by atoms with E-state index in [0.29, 0.717) is 0 Å². The molecular formula is C17H19BrO4. The van der Waals surface area contributed by atoms with Gasteiger partial charge in [0.1, 0.15) is 0 Å². The van der Waals surface area contributed by atoms with Crippen LogP contribution in [0.2, 0.25) is 0 Å². The Hall–Kier alpha value is -1.80. The summed E-state index contributed by atoms with van der Waals surface area (Å²) in [6.45, 7) is 3.70. The van der Waals surface area contributed by atoms with Crippen molar-refractivity contribution in [3.8, 4) is 12.3 Å². The van der Waals surface area contributed by atoms with Crippen molar-refractivity contribution >= 4 is 27.9 Å². The summed E-state index contributed by atoms with van der Waals surface area (Å²) in [5.74, 6) is 1.11. The molecule has 4 nitrogen and oxygen atoms in total. The topological polar surface area (TPSA) is 52.6 Å². The van der Waals surface area contributed by atoms with Crippen molar-refractivity contribution in [2.45, 2.75) is 26.7 Å². The van der Waals surface area contributed by atoms with E-state index >= 15 is 0 Å². The number of terminal acetylenes is 1. The Balaban J connectivity index is 3.29. The summed E-state index contributed by atoms with van der Waals surface area (Å²) >= 11 is 3.42. The van der Waals surface area contributed by atoms with Gasteiger partial charge >= 0.3 is 11.9 Å². The molecule has 0 atom stereocenters. The minimum atomic E-state index is -1.52. The molecule has 0 bridgehead atoms. The van der Waals surface area contributed by atoms with E-state index in [2.05, 4.69) is 21.9 Å². The van der Waals surface area contributed by atoms with Crippen LogP contribution in [-0.4, -0.2) is 25.2 Å². The second-order valence-corrected chi connectivity index (χ2v) is 5.53. The summed E-state index contributed by atoms with van der Waals surface area (Å²) in [7, 11) is 0. The third kappa shape index (κ3) is 4.11. The fraction of sp³-hybridized carbons (Fsp3) is 0.412. The van der Waals surface area contributed by atoms with Crippen molar-refractivity contribution in [1.29, 1.82) is 0 Å². The van der Waals surface area contributed by atoms with Crippen LogP contribution in [0.1, 0.15) is 25.8 Å². The minimum absolute atomic E-state index is 0.0774. The highest BCUT2D eigenvalue weighted by atomic mass is 79.9. The molecule has 118 valence electrons. The quantitative estimate of drug-likeness (QED) is 0.422. The third-order valence-electron chi connectivity index (χ3n) is 3.19. The van der Waals surface area contributed by atoms with E-state index in [1.54, 1.807) is 13.8 Å². The Morgan fingerprint density at radius 3 is 2.18 bits per heavy atom. The zero-order valence-corrected chi connectivity index (χ0v) is 14.3. The smallest absolute Gasteiger partial charge is 0.324 e. The number of ether oxygens (including phenoxy) is 2. The van der Waals surface area contributed by atoms with Gasteiger partial charge in [0.15, 0.2) is 5.41 Å². The van der Waals surface area contributed by atoms with Crippen molar-refractivity contribution in [3.63, 3.8) is 0 Å². The summed E-state index contributed by atoms with van der Waals surface area (Å²) in [6.07, 6.45) is 5.44. The molecule has 0 radical (unpaired) electrons. The van der Waals surface area contributed by atoms with Gasteiger partial charge in [-0.3, -0.25) is 9.59 Å². The molecule has 0 saturated carbocycles. The molecule has 0 aliphatic heterocycles. The summed E-state index contributed by atoms with van der Waals surface area (Å²) < 4.78 is 11.0. The summed E-state index contributed by atoms with van der Waals surface area (Å²) in [4.78, 5) is 24.9. The Morgan fingerprint density at radius 2 is 1.73 bits per heavy atom. The molecule has 1 aromatic carbocycles. The molecule has 5 heteroatoms. The molecule has 0 aromatic heterocycles. The number of esters is 2. The normalized spacial score (nSPS) is 10.6. The summed E-state index contributed by atoms with van der Waals surface area (Å²) in [6, 6.07) is 7.35. The van der Waals surface area contributed by atoms with E-state index in [-0.39, 0.29) is 26.1 Å². The van der Waals surface area contributed by atoms with Crippen LogP contribution < -0.4 is 0 Å². The third-order valence-corrected chi connectivity index (χ3v) is 3.96.